The van der Waals surface area contributed by atoms with Crippen LogP contribution >= 0.6 is 0 Å². The lowest BCUT2D eigenvalue weighted by Crippen LogP contribution is -2.45. The molecule has 48 heavy (non-hydrogen) atoms. The van der Waals surface area contributed by atoms with E-state index < -0.39 is 24.1 Å². The number of allylic oxidation sites excluding steroid dienone is 1. The van der Waals surface area contributed by atoms with Crippen molar-refractivity contribution < 1.29 is 23.9 Å². The van der Waals surface area contributed by atoms with Crippen LogP contribution in [0.2, 0.25) is 0 Å². The third-order valence-corrected chi connectivity index (χ3v) is 8.95. The van der Waals surface area contributed by atoms with Gasteiger partial charge in [-0.2, -0.15) is 5.26 Å². The van der Waals surface area contributed by atoms with Crippen LogP contribution in [0.3, 0.4) is 0 Å². The first-order valence-corrected chi connectivity index (χ1v) is 17.0. The standard InChI is InChI=1S/C40H47N3O5/c1-27(2)20-33(39(46)42-34(21-28(3)25-41)22-32-15-8-10-19-37(32)44)24-38(45)36(43-40(47)48-26-29-12-5-4-6-13-29)23-31-17-11-16-30-14-7-9-18-35(30)31/h4-7,9,11-14,16-18,21,27,32-34,36H,8,10,15,19-20,22-24,26H2,1-3H3,(H,42,46)(H,43,47)/b28-21-/t32-,33+,34+,36-/m0/s1. The van der Waals surface area contributed by atoms with E-state index >= 15 is 0 Å². The fraction of sp³-hybridized carbons (Fsp3) is 0.425. The molecule has 1 aliphatic rings. The largest absolute Gasteiger partial charge is 0.445 e. The van der Waals surface area contributed by atoms with Crippen LogP contribution < -0.4 is 10.6 Å². The fourth-order valence-electron chi connectivity index (χ4n) is 6.50. The Balaban J connectivity index is 1.54. The highest BCUT2D eigenvalue weighted by molar-refractivity contribution is 5.93. The van der Waals surface area contributed by atoms with Crippen LogP contribution in [0.4, 0.5) is 4.79 Å². The first kappa shape index (κ1) is 36.1. The first-order chi connectivity index (χ1) is 23.1. The van der Waals surface area contributed by atoms with Crippen molar-refractivity contribution in [3.8, 4) is 6.07 Å². The maximum absolute atomic E-state index is 14.1. The van der Waals surface area contributed by atoms with E-state index in [2.05, 4.69) is 16.7 Å². The summed E-state index contributed by atoms with van der Waals surface area (Å²) in [6.45, 7) is 5.73. The van der Waals surface area contributed by atoms with E-state index in [-0.39, 0.29) is 48.8 Å². The zero-order valence-corrected chi connectivity index (χ0v) is 28.2. The van der Waals surface area contributed by atoms with Gasteiger partial charge in [0, 0.05) is 42.7 Å². The molecule has 252 valence electrons. The van der Waals surface area contributed by atoms with Crippen LogP contribution in [0, 0.1) is 29.1 Å². The first-order valence-electron chi connectivity index (χ1n) is 17.0. The molecule has 0 aliphatic heterocycles. The van der Waals surface area contributed by atoms with Gasteiger partial charge in [-0.1, -0.05) is 93.1 Å². The van der Waals surface area contributed by atoms with Crippen molar-refractivity contribution in [2.75, 3.05) is 0 Å². The number of hydrogen-bond acceptors (Lipinski definition) is 6. The minimum Gasteiger partial charge on any atom is -0.445 e. The predicted molar refractivity (Wildman–Crippen MR) is 187 cm³/mol. The molecule has 4 rings (SSSR count). The topological polar surface area (TPSA) is 125 Å². The molecule has 8 nitrogen and oxygen atoms in total. The Labute approximate surface area is 283 Å². The molecule has 2 N–H and O–H groups in total. The number of nitriles is 1. The van der Waals surface area contributed by atoms with Gasteiger partial charge in [-0.05, 0) is 66.5 Å². The van der Waals surface area contributed by atoms with Gasteiger partial charge in [-0.3, -0.25) is 14.4 Å². The van der Waals surface area contributed by atoms with Crippen LogP contribution in [0.15, 0.2) is 84.4 Å². The van der Waals surface area contributed by atoms with E-state index in [4.69, 9.17) is 4.74 Å². The second-order valence-electron chi connectivity index (χ2n) is 13.3. The summed E-state index contributed by atoms with van der Waals surface area (Å²) in [7, 11) is 0. The van der Waals surface area contributed by atoms with Crippen LogP contribution in [-0.4, -0.2) is 35.7 Å². The SMILES string of the molecule is C/C(C#N)=C/[C@H](C[C@@H]1CCCCC1=O)NC(=O)[C@@H](CC(=O)[C@H](Cc1cccc2ccccc12)NC(=O)OCc1ccccc1)CC(C)C. The van der Waals surface area contributed by atoms with Gasteiger partial charge in [0.15, 0.2) is 5.78 Å². The Kier molecular flexibility index (Phi) is 13.5. The number of ether oxygens (including phenoxy) is 1. The molecule has 0 saturated heterocycles. The molecule has 3 aromatic carbocycles. The summed E-state index contributed by atoms with van der Waals surface area (Å²) >= 11 is 0. The van der Waals surface area contributed by atoms with Crippen LogP contribution in [0.25, 0.3) is 10.8 Å². The predicted octanol–water partition coefficient (Wildman–Crippen LogP) is 7.40. The van der Waals surface area contributed by atoms with Gasteiger partial charge in [-0.15, -0.1) is 0 Å². The lowest BCUT2D eigenvalue weighted by atomic mass is 9.83. The monoisotopic (exact) mass is 649 g/mol. The number of fused-ring (bicyclic) bond motifs is 1. The number of rotatable bonds is 15. The molecule has 0 spiro atoms. The quantitative estimate of drug-likeness (QED) is 0.165. The van der Waals surface area contributed by atoms with Crippen molar-refractivity contribution >= 4 is 34.3 Å². The average molecular weight is 650 g/mol. The van der Waals surface area contributed by atoms with Crippen LogP contribution in [0.1, 0.15) is 76.8 Å². The normalized spacial score (nSPS) is 16.9. The van der Waals surface area contributed by atoms with Crippen molar-refractivity contribution in [2.45, 2.75) is 90.8 Å². The van der Waals surface area contributed by atoms with Gasteiger partial charge in [0.1, 0.15) is 12.4 Å². The average Bonchev–Trinajstić information content (AvgIpc) is 3.08. The Morgan fingerprint density at radius 2 is 1.71 bits per heavy atom. The summed E-state index contributed by atoms with van der Waals surface area (Å²) in [5.41, 5.74) is 2.17. The molecule has 0 radical (unpaired) electrons. The summed E-state index contributed by atoms with van der Waals surface area (Å²) in [6.07, 6.45) is 5.15. The van der Waals surface area contributed by atoms with E-state index in [1.54, 1.807) is 13.0 Å². The minimum atomic E-state index is -0.932. The summed E-state index contributed by atoms with van der Waals surface area (Å²) < 4.78 is 5.49. The van der Waals surface area contributed by atoms with Crippen molar-refractivity contribution in [3.05, 3.63) is 95.6 Å². The molecule has 0 aromatic heterocycles. The Hall–Kier alpha value is -4.77. The maximum Gasteiger partial charge on any atom is 0.408 e. The number of amides is 2. The van der Waals surface area contributed by atoms with E-state index in [0.717, 1.165) is 41.2 Å². The minimum absolute atomic E-state index is 0.0563. The molecule has 0 heterocycles. The zero-order chi connectivity index (χ0) is 34.5. The molecular formula is C40H47N3O5. The molecule has 0 bridgehead atoms. The molecule has 4 atom stereocenters. The number of nitrogens with zero attached hydrogens (tertiary/aromatic N) is 1. The molecule has 8 heteroatoms. The Morgan fingerprint density at radius 1 is 0.979 bits per heavy atom. The third kappa shape index (κ3) is 10.9. The number of alkyl carbamates (subject to hydrolysis) is 1. The summed E-state index contributed by atoms with van der Waals surface area (Å²) in [6, 6.07) is 23.7. The number of benzene rings is 3. The van der Waals surface area contributed by atoms with Gasteiger partial charge >= 0.3 is 6.09 Å². The molecule has 2 amide bonds. The lowest BCUT2D eigenvalue weighted by molar-refractivity contribution is -0.131. The molecular weight excluding hydrogens is 602 g/mol. The van der Waals surface area contributed by atoms with Crippen molar-refractivity contribution in [1.29, 1.82) is 5.26 Å². The maximum atomic E-state index is 14.1. The third-order valence-electron chi connectivity index (χ3n) is 8.95. The summed E-state index contributed by atoms with van der Waals surface area (Å²) in [5.74, 6) is -1.11. The van der Waals surface area contributed by atoms with Gasteiger partial charge in [0.25, 0.3) is 0 Å². The summed E-state index contributed by atoms with van der Waals surface area (Å²) in [5, 5.41) is 17.3. The summed E-state index contributed by atoms with van der Waals surface area (Å²) in [4.78, 5) is 53.7. The van der Waals surface area contributed by atoms with Gasteiger partial charge in [-0.25, -0.2) is 4.79 Å². The van der Waals surface area contributed by atoms with Crippen LogP contribution in [-0.2, 0) is 32.1 Å². The Bertz CT molecular complexity index is 1640. The van der Waals surface area contributed by atoms with E-state index in [9.17, 15) is 24.4 Å². The second kappa shape index (κ2) is 18.0. The molecule has 1 fully saturated rings. The van der Waals surface area contributed by atoms with Crippen LogP contribution in [0.5, 0.6) is 0 Å². The van der Waals surface area contributed by atoms with E-state index in [1.807, 2.05) is 86.6 Å². The molecule has 1 saturated carbocycles. The number of carbonyl (C=O) groups excluding carboxylic acids is 4. The highest BCUT2D eigenvalue weighted by atomic mass is 16.5. The lowest BCUT2D eigenvalue weighted by Gasteiger charge is -2.27. The number of nitrogens with one attached hydrogen (secondary N) is 2. The van der Waals surface area contributed by atoms with E-state index in [0.29, 0.717) is 24.8 Å². The van der Waals surface area contributed by atoms with Gasteiger partial charge in [0.05, 0.1) is 12.1 Å². The number of hydrogen-bond donors (Lipinski definition) is 2. The zero-order valence-electron chi connectivity index (χ0n) is 28.2. The molecule has 0 unspecified atom stereocenters. The highest BCUT2D eigenvalue weighted by Gasteiger charge is 2.31. The smallest absolute Gasteiger partial charge is 0.408 e. The Morgan fingerprint density at radius 3 is 2.44 bits per heavy atom. The number of Topliss-reactive ketones (excluding diaryl/α,β-unsaturated/α-hetero) is 2. The van der Waals surface area contributed by atoms with Gasteiger partial charge < -0.3 is 15.4 Å². The van der Waals surface area contributed by atoms with Gasteiger partial charge in [0.2, 0.25) is 5.91 Å². The molecule has 3 aromatic rings. The van der Waals surface area contributed by atoms with E-state index in [1.165, 1.54) is 0 Å². The van der Waals surface area contributed by atoms with Crippen molar-refractivity contribution in [3.63, 3.8) is 0 Å². The number of ketones is 2. The second-order valence-corrected chi connectivity index (χ2v) is 13.3. The fourth-order valence-corrected chi connectivity index (χ4v) is 6.50. The van der Waals surface area contributed by atoms with Crippen molar-refractivity contribution in [1.82, 2.24) is 10.6 Å². The number of carbonyl (C=O) groups is 4. The molecule has 1 aliphatic carbocycles. The van der Waals surface area contributed by atoms with Crippen molar-refractivity contribution in [2.24, 2.45) is 17.8 Å². The highest BCUT2D eigenvalue weighted by Crippen LogP contribution is 2.27.